The molecule has 0 saturated carbocycles. The quantitative estimate of drug-likeness (QED) is 0.141. The van der Waals surface area contributed by atoms with Crippen molar-refractivity contribution in [2.24, 2.45) is 10.2 Å². The Kier molecular flexibility index (Phi) is 25.2. The molecule has 0 aliphatic heterocycles. The van der Waals surface area contributed by atoms with E-state index in [1.807, 2.05) is 68.4 Å². The summed E-state index contributed by atoms with van der Waals surface area (Å²) < 4.78 is 0. The number of carbonyl (C=O) groups is 2. The van der Waals surface area contributed by atoms with Crippen LogP contribution in [0.1, 0.15) is 46.3 Å². The Morgan fingerprint density at radius 1 is 0.727 bits per heavy atom. The molecule has 2 unspecified atom stereocenters. The Morgan fingerprint density at radius 3 is 1.52 bits per heavy atom. The van der Waals surface area contributed by atoms with Gasteiger partial charge >= 0.3 is 5.97 Å². The van der Waals surface area contributed by atoms with Crippen molar-refractivity contribution in [2.45, 2.75) is 38.8 Å². The zero-order chi connectivity index (χ0) is 33.2. The minimum absolute atomic E-state index is 0.0551. The molecule has 0 fully saturated rings. The summed E-state index contributed by atoms with van der Waals surface area (Å²) >= 11 is 17.5. The van der Waals surface area contributed by atoms with Gasteiger partial charge in [-0.25, -0.2) is 0 Å². The Balaban J connectivity index is 0.000000688. The highest BCUT2D eigenvalue weighted by atomic mass is 33.3. The Labute approximate surface area is 289 Å². The van der Waals surface area contributed by atoms with Gasteiger partial charge in [-0.2, -0.15) is 0 Å². The van der Waals surface area contributed by atoms with Gasteiger partial charge in [0.15, 0.2) is 6.04 Å². The van der Waals surface area contributed by atoms with Gasteiger partial charge in [0.1, 0.15) is 11.8 Å². The van der Waals surface area contributed by atoms with Crippen LogP contribution in [-0.4, -0.2) is 16.9 Å². The third-order valence-electron chi connectivity index (χ3n) is 5.25. The average molecular weight is 759 g/mol. The second kappa shape index (κ2) is 26.8. The fraction of sp³-hybridized carbons (Fsp3) is 0.231. The molecule has 0 aliphatic rings. The molecule has 0 bridgehead atoms. The van der Waals surface area contributed by atoms with E-state index in [0.29, 0.717) is 18.4 Å². The number of hydrogen-bond donors (Lipinski definition) is 1. The number of hydrogen-bond acceptors (Lipinski definition) is 8. The number of aryl methyl sites for hydroxylation is 3. The molecule has 0 radical (unpaired) electrons. The average Bonchev–Trinajstić information content (AvgIpc) is 3.04. The van der Waals surface area contributed by atoms with Crippen molar-refractivity contribution < 1.29 is 14.7 Å². The molecule has 232 valence electrons. The SMILES string of the molecule is Cc1ccc(C(N=[N+]=[N-])C(=O)CCc2ccccc2)cc1.Cc1ccc(C(N=[N+]=[N-])C(=O)O)cc1.S=S=S=S.S=S=S=S=S. The van der Waals surface area contributed by atoms with Gasteiger partial charge in [-0.05, 0) is 48.0 Å². The maximum atomic E-state index is 12.3. The van der Waals surface area contributed by atoms with Crippen molar-refractivity contribution in [3.8, 4) is 0 Å². The molecule has 2 atom stereocenters. The van der Waals surface area contributed by atoms with Crippen LogP contribution in [0.2, 0.25) is 0 Å². The summed E-state index contributed by atoms with van der Waals surface area (Å²) in [4.78, 5) is 28.4. The van der Waals surface area contributed by atoms with Gasteiger partial charge in [0.2, 0.25) is 0 Å². The zero-order valence-electron chi connectivity index (χ0n) is 23.2. The van der Waals surface area contributed by atoms with Crippen LogP contribution in [0.4, 0.5) is 0 Å². The maximum absolute atomic E-state index is 12.3. The topological polar surface area (TPSA) is 152 Å². The molecule has 0 spiro atoms. The summed E-state index contributed by atoms with van der Waals surface area (Å²) in [5.41, 5.74) is 21.4. The minimum Gasteiger partial charge on any atom is -0.481 e. The van der Waals surface area contributed by atoms with Gasteiger partial charge in [0.25, 0.3) is 0 Å². The predicted molar refractivity (Wildman–Crippen MR) is 200 cm³/mol. The van der Waals surface area contributed by atoms with Crippen molar-refractivity contribution in [3.63, 3.8) is 0 Å². The number of carboxylic acid groups (broad SMARTS) is 1. The van der Waals surface area contributed by atoms with Crippen molar-refractivity contribution in [1.82, 2.24) is 0 Å². The number of Topliss-reactive ketones (excluding diaryl/α,β-unsaturated/α-hetero) is 1. The number of azide groups is 2. The van der Waals surface area contributed by atoms with Crippen LogP contribution in [0, 0.1) is 13.8 Å². The summed E-state index contributed by atoms with van der Waals surface area (Å²) in [6.07, 6.45) is 1.02. The number of carboxylic acids is 1. The number of aliphatic carboxylic acids is 1. The number of carbonyl (C=O) groups excluding carboxylic acids is 1. The molecule has 0 aromatic heterocycles. The van der Waals surface area contributed by atoms with E-state index in [1.165, 1.54) is 44.4 Å². The standard InChI is InChI=1S/C17H17N3O.C9H9N3O2.S5.S4/c1-13-7-10-15(11-8-13)17(19-20-18)16(21)12-9-14-5-3-2-4-6-14;1-6-2-4-7(5-3-6)8(9(13)14)11-12-10;1-3-5-4-2;1-3-4-2/h2-8,10-11,17H,9,12H2,1H3;2-5,8H,1H3,(H,13,14);;. The highest BCUT2D eigenvalue weighted by Crippen LogP contribution is 2.22. The molecule has 0 aliphatic carbocycles. The summed E-state index contributed by atoms with van der Waals surface area (Å²) in [6, 6.07) is 22.3. The van der Waals surface area contributed by atoms with Crippen molar-refractivity contribution >= 4 is 101 Å². The van der Waals surface area contributed by atoms with Gasteiger partial charge in [-0.1, -0.05) is 100 Å². The fourth-order valence-corrected chi connectivity index (χ4v) is 5.98. The first kappa shape index (κ1) is 41.4. The second-order valence-corrected chi connectivity index (χ2v) is 17.0. The summed E-state index contributed by atoms with van der Waals surface area (Å²) in [6.45, 7) is 3.87. The summed E-state index contributed by atoms with van der Waals surface area (Å²) in [5, 5.41) is 15.6. The molecule has 9 nitrogen and oxygen atoms in total. The zero-order valence-corrected chi connectivity index (χ0v) is 30.5. The van der Waals surface area contributed by atoms with E-state index in [1.54, 1.807) is 24.3 Å². The van der Waals surface area contributed by atoms with Gasteiger partial charge in [-0.15, -0.1) is 0 Å². The molecule has 0 amide bonds. The first-order chi connectivity index (χ1) is 21.2. The predicted octanol–water partition coefficient (Wildman–Crippen LogP) is 6.96. The van der Waals surface area contributed by atoms with Crippen LogP contribution in [0.15, 0.2) is 89.1 Å². The first-order valence-corrected chi connectivity index (χ1v) is 21.4. The molecule has 0 saturated heterocycles. The highest BCUT2D eigenvalue weighted by Gasteiger charge is 2.19. The van der Waals surface area contributed by atoms with Crippen LogP contribution in [0.3, 0.4) is 0 Å². The van der Waals surface area contributed by atoms with E-state index in [0.717, 1.165) is 22.3 Å². The van der Waals surface area contributed by atoms with Crippen LogP contribution >= 0.6 is 0 Å². The number of ketones is 1. The van der Waals surface area contributed by atoms with Crippen LogP contribution < -0.4 is 0 Å². The van der Waals surface area contributed by atoms with Gasteiger partial charge in [0, 0.05) is 105 Å². The lowest BCUT2D eigenvalue weighted by molar-refractivity contribution is -0.138. The Bertz CT molecular complexity index is 1630. The summed E-state index contributed by atoms with van der Waals surface area (Å²) in [7, 11) is 6.29. The fourth-order valence-electron chi connectivity index (χ4n) is 3.24. The van der Waals surface area contributed by atoms with E-state index < -0.39 is 18.1 Å². The molecular formula is C26H26N6O3S9. The van der Waals surface area contributed by atoms with Gasteiger partial charge < -0.3 is 5.11 Å². The maximum Gasteiger partial charge on any atom is 0.316 e. The number of rotatable bonds is 9. The third-order valence-corrected chi connectivity index (χ3v) is 11.9. The van der Waals surface area contributed by atoms with Gasteiger partial charge in [-0.3, -0.25) is 9.59 Å². The van der Waals surface area contributed by atoms with E-state index in [2.05, 4.69) is 64.8 Å². The highest BCUT2D eigenvalue weighted by molar-refractivity contribution is 8.59. The largest absolute Gasteiger partial charge is 0.481 e. The number of nitrogens with zero attached hydrogens (tertiary/aromatic N) is 6. The first-order valence-electron chi connectivity index (χ1n) is 12.0. The van der Waals surface area contributed by atoms with Crippen molar-refractivity contribution in [3.05, 3.63) is 128 Å². The molecule has 44 heavy (non-hydrogen) atoms. The lowest BCUT2D eigenvalue weighted by Crippen LogP contribution is -2.11. The molecule has 3 rings (SSSR count). The molecule has 1 N–H and O–H groups in total. The smallest absolute Gasteiger partial charge is 0.316 e. The van der Waals surface area contributed by atoms with E-state index >= 15 is 0 Å². The molecular weight excluding hydrogens is 733 g/mol. The molecule has 3 aromatic rings. The Morgan fingerprint density at radius 2 is 1.16 bits per heavy atom. The van der Waals surface area contributed by atoms with Gasteiger partial charge in [0.05, 0.1) is 0 Å². The van der Waals surface area contributed by atoms with E-state index in [9.17, 15) is 9.59 Å². The van der Waals surface area contributed by atoms with Crippen molar-refractivity contribution in [1.29, 1.82) is 0 Å². The van der Waals surface area contributed by atoms with E-state index in [-0.39, 0.29) is 5.78 Å². The monoisotopic (exact) mass is 758 g/mol. The van der Waals surface area contributed by atoms with Crippen LogP contribution in [0.25, 0.3) is 20.9 Å². The van der Waals surface area contributed by atoms with Crippen LogP contribution in [-0.2, 0) is 105 Å². The second-order valence-electron chi connectivity index (χ2n) is 8.17. The van der Waals surface area contributed by atoms with Crippen LogP contribution in [0.5, 0.6) is 0 Å². The molecule has 0 heterocycles. The lowest BCUT2D eigenvalue weighted by Gasteiger charge is -2.11. The summed E-state index contributed by atoms with van der Waals surface area (Å²) in [5.74, 6) is -1.20. The number of benzene rings is 3. The van der Waals surface area contributed by atoms with Crippen molar-refractivity contribution in [2.75, 3.05) is 0 Å². The normalized spacial score (nSPS) is 10.2. The van der Waals surface area contributed by atoms with E-state index in [4.69, 9.17) is 16.2 Å². The third kappa shape index (κ3) is 18.9. The Hall–Kier alpha value is -2.60. The molecule has 3 aromatic carbocycles. The lowest BCUT2D eigenvalue weighted by atomic mass is 9.98. The minimum atomic E-state index is -1.15. The molecule has 18 heteroatoms.